The molecule has 3 N–H and O–H groups in total. The molecule has 0 aromatic carbocycles. The van der Waals surface area contributed by atoms with Gasteiger partial charge in [-0.3, -0.25) is 5.14 Å². The molecule has 0 spiro atoms. The third-order valence-electron chi connectivity index (χ3n) is 0.637. The minimum absolute atomic E-state index is 1.28. The Labute approximate surface area is 50.7 Å². The average molecular weight is 132 g/mol. The predicted octanol–water partition coefficient (Wildman–Crippen LogP) is 0.997. The highest BCUT2D eigenvalue weighted by Gasteiger charge is 1.88. The van der Waals surface area contributed by atoms with Gasteiger partial charge in [0.2, 0.25) is 0 Å². The van der Waals surface area contributed by atoms with E-state index in [4.69, 9.17) is 0 Å². The number of rotatable bonds is 1. The first-order valence-electron chi connectivity index (χ1n) is 1.89. The average Bonchev–Trinajstić information content (AvgIpc) is 2.14. The minimum atomic E-state index is 1.28. The van der Waals surface area contributed by atoms with E-state index < -0.39 is 0 Å². The normalized spacial score (nSPS) is 9.29. The fourth-order valence-electron chi connectivity index (χ4n) is 0.346. The first kappa shape index (κ1) is 5.15. The SMILES string of the molecule is [NH3+]Sc1cccs1. The van der Waals surface area contributed by atoms with E-state index in [0.717, 1.165) is 0 Å². The van der Waals surface area contributed by atoms with E-state index in [1.165, 1.54) is 4.21 Å². The van der Waals surface area contributed by atoms with E-state index in [0.29, 0.717) is 0 Å². The lowest BCUT2D eigenvalue weighted by Crippen LogP contribution is -2.35. The summed E-state index contributed by atoms with van der Waals surface area (Å²) in [6, 6.07) is 4.08. The number of quaternary nitrogens is 1. The van der Waals surface area contributed by atoms with Crippen LogP contribution in [-0.4, -0.2) is 0 Å². The molecule has 38 valence electrons. The quantitative estimate of drug-likeness (QED) is 0.567. The molecule has 0 aliphatic heterocycles. The van der Waals surface area contributed by atoms with Gasteiger partial charge >= 0.3 is 0 Å². The van der Waals surface area contributed by atoms with Crippen molar-refractivity contribution in [3.63, 3.8) is 0 Å². The third-order valence-corrected chi connectivity index (χ3v) is 2.36. The molecule has 0 saturated heterocycles. The highest BCUT2D eigenvalue weighted by Crippen LogP contribution is 2.15. The molecular formula is C4H6NS2+. The van der Waals surface area contributed by atoms with E-state index in [2.05, 4.69) is 11.2 Å². The first-order chi connectivity index (χ1) is 3.43. The maximum absolute atomic E-state index is 3.66. The summed E-state index contributed by atoms with van der Waals surface area (Å²) in [5, 5.41) is 5.70. The van der Waals surface area contributed by atoms with Gasteiger partial charge in [-0.1, -0.05) is 6.07 Å². The largest absolute Gasteiger partial charge is 0.291 e. The van der Waals surface area contributed by atoms with Gasteiger partial charge in [0.05, 0.1) is 0 Å². The Kier molecular flexibility index (Phi) is 1.73. The Morgan fingerprint density at radius 3 is 2.86 bits per heavy atom. The summed E-state index contributed by atoms with van der Waals surface area (Å²) >= 11 is 3.27. The van der Waals surface area contributed by atoms with Gasteiger partial charge in [0.15, 0.2) is 0 Å². The van der Waals surface area contributed by atoms with E-state index in [1.54, 1.807) is 23.3 Å². The molecule has 0 bridgehead atoms. The van der Waals surface area contributed by atoms with Crippen molar-refractivity contribution in [1.29, 1.82) is 0 Å². The van der Waals surface area contributed by atoms with Crippen LogP contribution >= 0.6 is 23.3 Å². The molecule has 1 rings (SSSR count). The summed E-state index contributed by atoms with van der Waals surface area (Å²) in [5.74, 6) is 0. The maximum Gasteiger partial charge on any atom is 0.119 e. The summed E-state index contributed by atoms with van der Waals surface area (Å²) in [4.78, 5) is 0. The molecule has 7 heavy (non-hydrogen) atoms. The molecule has 0 aliphatic carbocycles. The summed E-state index contributed by atoms with van der Waals surface area (Å²) in [5.41, 5.74) is 0. The highest BCUT2D eigenvalue weighted by atomic mass is 32.2. The fourth-order valence-corrected chi connectivity index (χ4v) is 1.41. The Morgan fingerprint density at radius 1 is 1.71 bits per heavy atom. The molecule has 0 radical (unpaired) electrons. The summed E-state index contributed by atoms with van der Waals surface area (Å²) in [7, 11) is 0. The Morgan fingerprint density at radius 2 is 2.57 bits per heavy atom. The van der Waals surface area contributed by atoms with Gasteiger partial charge < -0.3 is 0 Å². The highest BCUT2D eigenvalue weighted by molar-refractivity contribution is 7.94. The minimum Gasteiger partial charge on any atom is -0.291 e. The van der Waals surface area contributed by atoms with E-state index in [9.17, 15) is 0 Å². The van der Waals surface area contributed by atoms with E-state index >= 15 is 0 Å². The maximum atomic E-state index is 3.66. The smallest absolute Gasteiger partial charge is 0.119 e. The monoisotopic (exact) mass is 132 g/mol. The van der Waals surface area contributed by atoms with Crippen molar-refractivity contribution in [2.45, 2.75) is 4.21 Å². The number of thiophene rings is 1. The fraction of sp³-hybridized carbons (Fsp3) is 0. The van der Waals surface area contributed by atoms with Crippen LogP contribution in [0.15, 0.2) is 21.7 Å². The van der Waals surface area contributed by atoms with Crippen LogP contribution in [0.4, 0.5) is 0 Å². The lowest BCUT2D eigenvalue weighted by Gasteiger charge is -1.72. The molecule has 0 atom stereocenters. The lowest BCUT2D eigenvalue weighted by atomic mass is 10.7. The Hall–Kier alpha value is 0.01000. The van der Waals surface area contributed by atoms with Crippen molar-refractivity contribution in [3.8, 4) is 0 Å². The van der Waals surface area contributed by atoms with Gasteiger partial charge in [-0.2, -0.15) is 0 Å². The number of hydrogen-bond acceptors (Lipinski definition) is 2. The molecule has 1 aromatic heterocycles. The molecule has 3 heteroatoms. The van der Waals surface area contributed by atoms with Crippen LogP contribution in [0.2, 0.25) is 0 Å². The molecule has 1 heterocycles. The summed E-state index contributed by atoms with van der Waals surface area (Å²) < 4.78 is 1.28. The van der Waals surface area contributed by atoms with E-state index in [-0.39, 0.29) is 0 Å². The molecule has 0 saturated carbocycles. The van der Waals surface area contributed by atoms with E-state index in [1.807, 2.05) is 11.4 Å². The van der Waals surface area contributed by atoms with Gasteiger partial charge in [-0.25, -0.2) is 0 Å². The van der Waals surface area contributed by atoms with Gasteiger partial charge in [0.1, 0.15) is 16.2 Å². The van der Waals surface area contributed by atoms with Gasteiger partial charge in [0.25, 0.3) is 0 Å². The summed E-state index contributed by atoms with van der Waals surface area (Å²) in [6.45, 7) is 0. The van der Waals surface area contributed by atoms with Crippen LogP contribution in [-0.2, 0) is 0 Å². The van der Waals surface area contributed by atoms with Crippen LogP contribution in [0.3, 0.4) is 0 Å². The zero-order valence-corrected chi connectivity index (χ0v) is 5.39. The van der Waals surface area contributed by atoms with Crippen LogP contribution in [0.1, 0.15) is 0 Å². The zero-order valence-electron chi connectivity index (χ0n) is 3.76. The van der Waals surface area contributed by atoms with Crippen molar-refractivity contribution in [2.75, 3.05) is 0 Å². The van der Waals surface area contributed by atoms with Gasteiger partial charge in [-0.15, -0.1) is 11.3 Å². The standard InChI is InChI=1S/C4H5NS2/c5-7-4-2-1-3-6-4/h1-3H,5H2/p+1. The second-order valence-corrected chi connectivity index (χ2v) is 3.01. The molecule has 0 aliphatic rings. The summed E-state index contributed by atoms with van der Waals surface area (Å²) in [6.07, 6.45) is 0. The third kappa shape index (κ3) is 1.19. The predicted molar refractivity (Wildman–Crippen MR) is 33.1 cm³/mol. The Bertz CT molecular complexity index is 124. The van der Waals surface area contributed by atoms with Crippen LogP contribution in [0.5, 0.6) is 0 Å². The number of hydrogen-bond donors (Lipinski definition) is 1. The van der Waals surface area contributed by atoms with Crippen molar-refractivity contribution in [3.05, 3.63) is 17.5 Å². The van der Waals surface area contributed by atoms with Crippen LogP contribution < -0.4 is 5.14 Å². The zero-order chi connectivity index (χ0) is 5.11. The van der Waals surface area contributed by atoms with Gasteiger partial charge in [-0.05, 0) is 11.4 Å². The van der Waals surface area contributed by atoms with Crippen molar-refractivity contribution < 1.29 is 5.14 Å². The van der Waals surface area contributed by atoms with Gasteiger partial charge in [0, 0.05) is 0 Å². The molecule has 1 nitrogen and oxygen atoms in total. The lowest BCUT2D eigenvalue weighted by molar-refractivity contribution is -0.136. The molecule has 0 unspecified atom stereocenters. The Balaban J connectivity index is 2.76. The van der Waals surface area contributed by atoms with Crippen LogP contribution in [0.25, 0.3) is 0 Å². The molecule has 1 aromatic rings. The van der Waals surface area contributed by atoms with Crippen molar-refractivity contribution in [1.82, 2.24) is 0 Å². The van der Waals surface area contributed by atoms with Crippen molar-refractivity contribution in [2.24, 2.45) is 0 Å². The molecule has 0 fully saturated rings. The first-order valence-corrected chi connectivity index (χ1v) is 3.75. The molecule has 0 amide bonds. The second kappa shape index (κ2) is 2.35. The second-order valence-electron chi connectivity index (χ2n) is 1.08. The van der Waals surface area contributed by atoms with Crippen LogP contribution in [0, 0.1) is 0 Å². The topological polar surface area (TPSA) is 27.6 Å². The van der Waals surface area contributed by atoms with Crippen molar-refractivity contribution >= 4 is 23.3 Å². The molecular weight excluding hydrogens is 126 g/mol.